The molecule has 1 aliphatic carbocycles. The molecule has 1 amide bonds. The molecular formula is C53H54F4N10O9. The Hall–Kier alpha value is -7.60. The number of nitrogens with one attached hydrogen (secondary N) is 1. The number of hydrogen-bond acceptors (Lipinski definition) is 16. The molecule has 6 aromatic rings. The molecule has 10 rings (SSSR count). The highest BCUT2D eigenvalue weighted by molar-refractivity contribution is 5.98. The topological polar surface area (TPSA) is 263 Å². The molecule has 1 fully saturated rings. The molecule has 0 radical (unpaired) electrons. The third-order valence-electron chi connectivity index (χ3n) is 15.3. The first kappa shape index (κ1) is 51.9. The van der Waals surface area contributed by atoms with E-state index in [4.69, 9.17) is 25.9 Å². The predicted octanol–water partition coefficient (Wildman–Crippen LogP) is 4.81. The Bertz CT molecular complexity index is 3460. The van der Waals surface area contributed by atoms with Crippen LogP contribution in [0.3, 0.4) is 0 Å². The van der Waals surface area contributed by atoms with E-state index in [1.807, 2.05) is 5.32 Å². The Labute approximate surface area is 431 Å². The molecular weight excluding hydrogens is 997 g/mol. The second kappa shape index (κ2) is 19.5. The van der Waals surface area contributed by atoms with Gasteiger partial charge in [-0.3, -0.25) is 33.5 Å². The van der Waals surface area contributed by atoms with Crippen LogP contribution in [0.15, 0.2) is 53.3 Å². The lowest BCUT2D eigenvalue weighted by atomic mass is 9.68. The van der Waals surface area contributed by atoms with E-state index in [-0.39, 0.29) is 72.5 Å². The first-order valence-electron chi connectivity index (χ1n) is 24.9. The number of fused-ring (bicyclic) bond motifs is 5. The van der Waals surface area contributed by atoms with Gasteiger partial charge >= 0.3 is 24.1 Å². The summed E-state index contributed by atoms with van der Waals surface area (Å²) in [6, 6.07) is 10.4. The molecule has 1 unspecified atom stereocenters. The van der Waals surface area contributed by atoms with Crippen molar-refractivity contribution in [2.45, 2.75) is 96.2 Å². The summed E-state index contributed by atoms with van der Waals surface area (Å²) in [5, 5.41) is 32.1. The van der Waals surface area contributed by atoms with Crippen LogP contribution < -0.4 is 22.3 Å². The summed E-state index contributed by atoms with van der Waals surface area (Å²) in [6.45, 7) is 5.74. The molecule has 6 heterocycles. The van der Waals surface area contributed by atoms with Gasteiger partial charge in [0.25, 0.3) is 11.5 Å². The van der Waals surface area contributed by atoms with Gasteiger partial charge in [0.2, 0.25) is 5.82 Å². The number of carbonyl (C=O) groups is 4. The molecule has 76 heavy (non-hydrogen) atoms. The largest absolute Gasteiger partial charge is 0.508 e. The average molecular weight is 1050 g/mol. The fourth-order valence-electron chi connectivity index (χ4n) is 11.5. The number of phenolic OH excluding ortho intramolecular Hbond substituents is 2. The molecule has 1 saturated heterocycles. The van der Waals surface area contributed by atoms with E-state index < -0.39 is 83.5 Å². The van der Waals surface area contributed by atoms with Gasteiger partial charge in [-0.15, -0.1) is 10.2 Å². The maximum Gasteiger partial charge on any atom is 0.405 e. The van der Waals surface area contributed by atoms with Crippen molar-refractivity contribution in [3.63, 3.8) is 0 Å². The molecule has 3 aromatic heterocycles. The highest BCUT2D eigenvalue weighted by Gasteiger charge is 2.58. The van der Waals surface area contributed by atoms with Gasteiger partial charge < -0.3 is 41.0 Å². The van der Waals surface area contributed by atoms with Crippen LogP contribution in [-0.4, -0.2) is 120 Å². The Morgan fingerprint density at radius 3 is 2.38 bits per heavy atom. The van der Waals surface area contributed by atoms with Gasteiger partial charge in [-0.2, -0.15) is 13.2 Å². The number of phenols is 2. The highest BCUT2D eigenvalue weighted by atomic mass is 19.4. The van der Waals surface area contributed by atoms with E-state index >= 15 is 4.39 Å². The number of benzene rings is 3. The number of cyclic esters (lactones) is 1. The van der Waals surface area contributed by atoms with Crippen molar-refractivity contribution in [1.29, 1.82) is 0 Å². The number of aryl methyl sites for hydroxylation is 1. The number of aromatic nitrogens is 5. The van der Waals surface area contributed by atoms with Crippen molar-refractivity contribution < 1.29 is 56.4 Å². The molecule has 398 valence electrons. The standard InChI is InChI=1S/C53H54F4N10O9/c1-5-52(34-17-38-44-32(22-66(38)49(72)33(34)23-75-51(52)74)42-36(59)11-10-29-26(4)35(54)18-37(61-44)43(29)42)45(50(73)76-41(70)20-58)65-14-12-64(13-15-65)21-27-6-8-28(9-7-27)67-46(31-16-30(25(2)3)39(68)19-40(31)69)62-63-47(67)48(71)60-24-53(55,56)57/h6-9,16-19,25,36,45,68-69H,5,10-15,20-24,58-59H2,1-4H3,(H,60,71)/t36-,45?,52-/m0/s1. The van der Waals surface area contributed by atoms with E-state index in [9.17, 15) is 47.4 Å². The molecule has 3 aromatic carbocycles. The fraction of sp³-hybridized carbons (Fsp3) is 0.396. The molecule has 0 spiro atoms. The zero-order valence-corrected chi connectivity index (χ0v) is 41.9. The summed E-state index contributed by atoms with van der Waals surface area (Å²) in [5.41, 5.74) is 15.9. The number of esters is 3. The molecule has 0 saturated carbocycles. The highest BCUT2D eigenvalue weighted by Crippen LogP contribution is 2.48. The van der Waals surface area contributed by atoms with Crippen LogP contribution >= 0.6 is 0 Å². The molecule has 23 heteroatoms. The Kier molecular flexibility index (Phi) is 13.3. The maximum atomic E-state index is 15.4. The first-order valence-corrected chi connectivity index (χ1v) is 24.9. The van der Waals surface area contributed by atoms with Crippen LogP contribution in [0.4, 0.5) is 17.6 Å². The van der Waals surface area contributed by atoms with Gasteiger partial charge in [0.05, 0.1) is 41.1 Å². The maximum absolute atomic E-state index is 15.4. The molecule has 3 atom stereocenters. The van der Waals surface area contributed by atoms with Crippen LogP contribution in [0.25, 0.3) is 39.4 Å². The van der Waals surface area contributed by atoms with E-state index in [0.717, 1.165) is 28.1 Å². The zero-order chi connectivity index (χ0) is 54.3. The monoisotopic (exact) mass is 1050 g/mol. The van der Waals surface area contributed by atoms with E-state index in [1.54, 1.807) is 62.9 Å². The lowest BCUT2D eigenvalue weighted by molar-refractivity contribution is -0.174. The molecule has 19 nitrogen and oxygen atoms in total. The fourth-order valence-corrected chi connectivity index (χ4v) is 11.5. The number of nitrogens with two attached hydrogens (primary N) is 2. The summed E-state index contributed by atoms with van der Waals surface area (Å²) in [4.78, 5) is 78.6. The van der Waals surface area contributed by atoms with E-state index in [2.05, 4.69) is 15.1 Å². The normalized spacial score (nSPS) is 18.8. The number of piperazine rings is 1. The number of hydrogen-bond donors (Lipinski definition) is 5. The number of amides is 1. The van der Waals surface area contributed by atoms with Gasteiger partial charge in [0, 0.05) is 67.5 Å². The first-order chi connectivity index (χ1) is 36.1. The third-order valence-corrected chi connectivity index (χ3v) is 15.3. The number of carbonyl (C=O) groups excluding carboxylic acids is 4. The third kappa shape index (κ3) is 8.73. The van der Waals surface area contributed by atoms with Gasteiger partial charge in [-0.25, -0.2) is 14.2 Å². The lowest BCUT2D eigenvalue weighted by Crippen LogP contribution is -2.64. The number of pyridine rings is 2. The summed E-state index contributed by atoms with van der Waals surface area (Å²) in [5.74, 6) is -5.92. The number of nitrogens with zero attached hydrogens (tertiary/aromatic N) is 7. The quantitative estimate of drug-likeness (QED) is 0.0625. The van der Waals surface area contributed by atoms with E-state index in [0.29, 0.717) is 66.1 Å². The summed E-state index contributed by atoms with van der Waals surface area (Å²) in [6.07, 6.45) is -3.68. The molecule has 7 N–H and O–H groups in total. The molecule has 0 bridgehead atoms. The second-order valence-corrected chi connectivity index (χ2v) is 20.0. The summed E-state index contributed by atoms with van der Waals surface area (Å²) in [7, 11) is 0. The number of aromatic hydroxyl groups is 2. The zero-order valence-electron chi connectivity index (χ0n) is 41.9. The van der Waals surface area contributed by atoms with Crippen molar-refractivity contribution in [2.75, 3.05) is 39.3 Å². The van der Waals surface area contributed by atoms with Gasteiger partial charge in [0.15, 0.2) is 5.82 Å². The average Bonchev–Trinajstić information content (AvgIpc) is 4.07. The van der Waals surface area contributed by atoms with Crippen molar-refractivity contribution >= 4 is 34.7 Å². The van der Waals surface area contributed by atoms with Gasteiger partial charge in [-0.05, 0) is 89.8 Å². The number of halogens is 4. The second-order valence-electron chi connectivity index (χ2n) is 20.0. The number of alkyl halides is 3. The summed E-state index contributed by atoms with van der Waals surface area (Å²) < 4.78 is 68.9. The van der Waals surface area contributed by atoms with Crippen LogP contribution in [0.1, 0.15) is 101 Å². The van der Waals surface area contributed by atoms with Crippen LogP contribution in [0.5, 0.6) is 11.5 Å². The van der Waals surface area contributed by atoms with Crippen molar-refractivity contribution in [3.05, 3.63) is 115 Å². The predicted molar refractivity (Wildman–Crippen MR) is 266 cm³/mol. The Morgan fingerprint density at radius 2 is 1.71 bits per heavy atom. The van der Waals surface area contributed by atoms with Crippen molar-refractivity contribution in [2.24, 2.45) is 11.5 Å². The molecule has 4 aliphatic rings. The van der Waals surface area contributed by atoms with Gasteiger partial charge in [0.1, 0.15) is 41.9 Å². The van der Waals surface area contributed by atoms with Crippen molar-refractivity contribution in [3.8, 4) is 40.0 Å². The van der Waals surface area contributed by atoms with E-state index in [1.165, 1.54) is 21.3 Å². The number of rotatable bonds is 12. The van der Waals surface area contributed by atoms with Crippen LogP contribution in [-0.2, 0) is 55.4 Å². The van der Waals surface area contributed by atoms with Gasteiger partial charge in [-0.1, -0.05) is 32.9 Å². The number of ether oxygens (including phenoxy) is 2. The lowest BCUT2D eigenvalue weighted by Gasteiger charge is -2.47. The smallest absolute Gasteiger partial charge is 0.405 e. The minimum Gasteiger partial charge on any atom is -0.508 e. The van der Waals surface area contributed by atoms with Crippen molar-refractivity contribution in [1.82, 2.24) is 39.4 Å². The van der Waals surface area contributed by atoms with Crippen LogP contribution in [0, 0.1) is 12.7 Å². The van der Waals surface area contributed by atoms with Crippen LogP contribution in [0.2, 0.25) is 0 Å². The SMILES string of the molecule is CC[C@]1(C(C(=O)OC(=O)CN)N2CCN(Cc3ccc(-n4c(C(=O)NCC(F)(F)F)nnc4-c4cc(C(C)C)c(O)cc4O)cc3)CC2)C(=O)OCc2c1cc1n(c2=O)Cc2c-1nc1cc(F)c(C)c3c1c2[C@@H](N)CC3. The minimum atomic E-state index is -4.72. The Morgan fingerprint density at radius 1 is 0.987 bits per heavy atom. The molecule has 3 aliphatic heterocycles. The Balaban J connectivity index is 0.960. The minimum absolute atomic E-state index is 0.0587. The summed E-state index contributed by atoms with van der Waals surface area (Å²) >= 11 is 0.